The third-order valence-electron chi connectivity index (χ3n) is 3.29. The second-order valence-electron chi connectivity index (χ2n) is 4.72. The van der Waals surface area contributed by atoms with Gasteiger partial charge in [0.05, 0.1) is 12.2 Å². The molecule has 1 fully saturated rings. The summed E-state index contributed by atoms with van der Waals surface area (Å²) in [6, 6.07) is 5.85. The topological polar surface area (TPSA) is 55.4 Å². The fourth-order valence-corrected chi connectivity index (χ4v) is 2.34. The van der Waals surface area contributed by atoms with Gasteiger partial charge in [-0.1, -0.05) is 6.07 Å². The lowest BCUT2D eigenvalue weighted by Crippen LogP contribution is -2.10. The molecule has 0 bridgehead atoms. The zero-order chi connectivity index (χ0) is 15.0. The summed E-state index contributed by atoms with van der Waals surface area (Å²) >= 11 is 0. The summed E-state index contributed by atoms with van der Waals surface area (Å²) in [5, 5.41) is 3.36. The molecule has 0 radical (unpaired) electrons. The van der Waals surface area contributed by atoms with Crippen LogP contribution in [0.3, 0.4) is 0 Å². The van der Waals surface area contributed by atoms with Crippen molar-refractivity contribution in [3.8, 4) is 0 Å². The predicted octanol–water partition coefficient (Wildman–Crippen LogP) is 2.45. The number of nitrogens with one attached hydrogen (secondary N) is 1. The molecule has 1 N–H and O–H groups in total. The van der Waals surface area contributed by atoms with Crippen molar-refractivity contribution in [3.63, 3.8) is 0 Å². The Morgan fingerprint density at radius 2 is 2.20 bits per heavy atom. The Kier molecular flexibility index (Phi) is 6.94. The number of hydrogen-bond acceptors (Lipinski definition) is 4. The smallest absolute Gasteiger partial charge is 0.338 e. The molecule has 110 valence electrons. The third kappa shape index (κ3) is 4.46. The monoisotopic (exact) mass is 277 g/mol. The number of benzene rings is 1. The number of carbonyl (C=O) groups excluding carboxylic acids is 2. The summed E-state index contributed by atoms with van der Waals surface area (Å²) in [5.74, 6) is 0.309. The number of hydrogen-bond donors (Lipinski definition) is 1. The predicted molar refractivity (Wildman–Crippen MR) is 79.1 cm³/mol. The molecule has 0 spiro atoms. The van der Waals surface area contributed by atoms with E-state index in [0.29, 0.717) is 18.1 Å². The van der Waals surface area contributed by atoms with Crippen LogP contribution in [0.15, 0.2) is 18.2 Å². The van der Waals surface area contributed by atoms with Gasteiger partial charge in [-0.05, 0) is 62.9 Å². The van der Waals surface area contributed by atoms with Crippen molar-refractivity contribution in [1.29, 1.82) is 0 Å². The van der Waals surface area contributed by atoms with Gasteiger partial charge < -0.3 is 14.8 Å². The molecule has 2 rings (SSSR count). The SMILES string of the molecule is CC=O.CCOC(=O)c1ccc(C)c(C2CCNC2)c1. The average Bonchev–Trinajstić information content (AvgIpc) is 2.94. The van der Waals surface area contributed by atoms with E-state index in [4.69, 9.17) is 9.53 Å². The van der Waals surface area contributed by atoms with Crippen LogP contribution in [-0.2, 0) is 9.53 Å². The van der Waals surface area contributed by atoms with E-state index in [-0.39, 0.29) is 5.97 Å². The molecule has 0 amide bonds. The van der Waals surface area contributed by atoms with Gasteiger partial charge in [0, 0.05) is 6.54 Å². The molecule has 4 heteroatoms. The van der Waals surface area contributed by atoms with Crippen molar-refractivity contribution in [2.24, 2.45) is 0 Å². The minimum Gasteiger partial charge on any atom is -0.462 e. The standard InChI is InChI=1S/C14H19NO2.C2H4O/c1-3-17-14(16)11-5-4-10(2)13(8-11)12-6-7-15-9-12;1-2-3/h4-5,8,12,15H,3,6-7,9H2,1-2H3;2H,1H3. The largest absolute Gasteiger partial charge is 0.462 e. The molecule has 0 saturated carbocycles. The maximum Gasteiger partial charge on any atom is 0.338 e. The second-order valence-corrected chi connectivity index (χ2v) is 4.72. The van der Waals surface area contributed by atoms with Gasteiger partial charge in [-0.25, -0.2) is 4.79 Å². The number of ether oxygens (including phenoxy) is 1. The van der Waals surface area contributed by atoms with E-state index < -0.39 is 0 Å². The minimum absolute atomic E-state index is 0.222. The summed E-state index contributed by atoms with van der Waals surface area (Å²) in [6.07, 6.45) is 1.90. The Morgan fingerprint density at radius 1 is 1.50 bits per heavy atom. The van der Waals surface area contributed by atoms with Crippen LogP contribution in [0.1, 0.15) is 47.7 Å². The minimum atomic E-state index is -0.222. The molecule has 4 nitrogen and oxygen atoms in total. The Balaban J connectivity index is 0.000000612. The summed E-state index contributed by atoms with van der Waals surface area (Å²) in [7, 11) is 0. The van der Waals surface area contributed by atoms with Crippen molar-refractivity contribution in [1.82, 2.24) is 5.32 Å². The number of carbonyl (C=O) groups is 2. The van der Waals surface area contributed by atoms with Crippen molar-refractivity contribution >= 4 is 12.3 Å². The normalized spacial score (nSPS) is 17.1. The van der Waals surface area contributed by atoms with E-state index in [1.54, 1.807) is 0 Å². The van der Waals surface area contributed by atoms with Gasteiger partial charge in [0.25, 0.3) is 0 Å². The van der Waals surface area contributed by atoms with Crippen LogP contribution in [0.4, 0.5) is 0 Å². The van der Waals surface area contributed by atoms with Gasteiger partial charge in [0.15, 0.2) is 0 Å². The van der Waals surface area contributed by atoms with Gasteiger partial charge in [-0.15, -0.1) is 0 Å². The van der Waals surface area contributed by atoms with Gasteiger partial charge in [-0.3, -0.25) is 0 Å². The van der Waals surface area contributed by atoms with E-state index in [9.17, 15) is 4.79 Å². The van der Waals surface area contributed by atoms with E-state index in [2.05, 4.69) is 12.2 Å². The Labute approximate surface area is 120 Å². The van der Waals surface area contributed by atoms with Crippen LogP contribution < -0.4 is 5.32 Å². The van der Waals surface area contributed by atoms with Crippen molar-refractivity contribution < 1.29 is 14.3 Å². The summed E-state index contributed by atoms with van der Waals surface area (Å²) in [6.45, 7) is 7.87. The lowest BCUT2D eigenvalue weighted by Gasteiger charge is -2.13. The first kappa shape index (κ1) is 16.4. The van der Waals surface area contributed by atoms with Gasteiger partial charge in [0.2, 0.25) is 0 Å². The fraction of sp³-hybridized carbons (Fsp3) is 0.500. The Bertz CT molecular complexity index is 451. The van der Waals surface area contributed by atoms with E-state index in [1.807, 2.05) is 25.1 Å². The molecular formula is C16H23NO3. The first-order valence-electron chi connectivity index (χ1n) is 7.02. The van der Waals surface area contributed by atoms with E-state index in [1.165, 1.54) is 18.1 Å². The molecule has 1 aliphatic rings. The Hall–Kier alpha value is -1.68. The number of aldehydes is 1. The zero-order valence-electron chi connectivity index (χ0n) is 12.4. The molecular weight excluding hydrogens is 254 g/mol. The molecule has 1 heterocycles. The summed E-state index contributed by atoms with van der Waals surface area (Å²) in [5.41, 5.74) is 3.20. The lowest BCUT2D eigenvalue weighted by molar-refractivity contribution is -0.106. The van der Waals surface area contributed by atoms with Gasteiger partial charge >= 0.3 is 5.97 Å². The molecule has 1 saturated heterocycles. The van der Waals surface area contributed by atoms with Crippen molar-refractivity contribution in [2.45, 2.75) is 33.1 Å². The van der Waals surface area contributed by atoms with Gasteiger partial charge in [0.1, 0.15) is 6.29 Å². The van der Waals surface area contributed by atoms with Crippen LogP contribution in [0.5, 0.6) is 0 Å². The number of esters is 1. The fourth-order valence-electron chi connectivity index (χ4n) is 2.34. The summed E-state index contributed by atoms with van der Waals surface area (Å²) < 4.78 is 5.03. The highest BCUT2D eigenvalue weighted by molar-refractivity contribution is 5.89. The first-order valence-corrected chi connectivity index (χ1v) is 7.02. The van der Waals surface area contributed by atoms with Crippen LogP contribution in [0.25, 0.3) is 0 Å². The molecule has 1 aromatic rings. The first-order chi connectivity index (χ1) is 9.63. The van der Waals surface area contributed by atoms with Crippen LogP contribution in [0.2, 0.25) is 0 Å². The van der Waals surface area contributed by atoms with Crippen LogP contribution >= 0.6 is 0 Å². The molecule has 1 aliphatic heterocycles. The van der Waals surface area contributed by atoms with Crippen molar-refractivity contribution in [3.05, 3.63) is 34.9 Å². The van der Waals surface area contributed by atoms with Gasteiger partial charge in [-0.2, -0.15) is 0 Å². The molecule has 0 aliphatic carbocycles. The molecule has 1 aromatic carbocycles. The molecule has 20 heavy (non-hydrogen) atoms. The summed E-state index contributed by atoms with van der Waals surface area (Å²) in [4.78, 5) is 20.5. The van der Waals surface area contributed by atoms with Crippen molar-refractivity contribution in [2.75, 3.05) is 19.7 Å². The second kappa shape index (κ2) is 8.48. The number of aryl methyl sites for hydroxylation is 1. The number of rotatable bonds is 3. The molecule has 0 aromatic heterocycles. The quantitative estimate of drug-likeness (QED) is 0.681. The Morgan fingerprint density at radius 3 is 2.75 bits per heavy atom. The van der Waals surface area contributed by atoms with E-state index >= 15 is 0 Å². The highest BCUT2D eigenvalue weighted by Crippen LogP contribution is 2.26. The molecule has 1 atom stereocenters. The average molecular weight is 277 g/mol. The van der Waals surface area contributed by atoms with E-state index in [0.717, 1.165) is 25.8 Å². The highest BCUT2D eigenvalue weighted by atomic mass is 16.5. The third-order valence-corrected chi connectivity index (χ3v) is 3.29. The van der Waals surface area contributed by atoms with Crippen LogP contribution in [0, 0.1) is 6.92 Å². The molecule has 1 unspecified atom stereocenters. The lowest BCUT2D eigenvalue weighted by atomic mass is 9.92. The van der Waals surface area contributed by atoms with Crippen LogP contribution in [-0.4, -0.2) is 32.0 Å². The zero-order valence-corrected chi connectivity index (χ0v) is 12.4. The highest BCUT2D eigenvalue weighted by Gasteiger charge is 2.19. The maximum atomic E-state index is 11.7. The maximum absolute atomic E-state index is 11.7.